The molecule has 0 bridgehead atoms. The molecule has 2 aromatic rings. The van der Waals surface area contributed by atoms with E-state index in [-0.39, 0.29) is 17.7 Å². The number of halogens is 3. The molecule has 0 saturated heterocycles. The zero-order chi connectivity index (χ0) is 14.5. The van der Waals surface area contributed by atoms with Gasteiger partial charge in [0.2, 0.25) is 0 Å². The van der Waals surface area contributed by atoms with E-state index >= 15 is 0 Å². The van der Waals surface area contributed by atoms with Crippen LogP contribution in [0, 0.1) is 11.6 Å². The summed E-state index contributed by atoms with van der Waals surface area (Å²) in [4.78, 5) is 0. The molecule has 106 valence electrons. The van der Waals surface area contributed by atoms with Crippen molar-refractivity contribution in [1.29, 1.82) is 0 Å². The average molecular weight is 340 g/mol. The van der Waals surface area contributed by atoms with Crippen LogP contribution in [0.25, 0.3) is 0 Å². The first-order valence-electron chi connectivity index (χ1n) is 6.56. The van der Waals surface area contributed by atoms with Crippen LogP contribution in [0.1, 0.15) is 30.5 Å². The molecule has 0 heterocycles. The van der Waals surface area contributed by atoms with E-state index in [9.17, 15) is 8.78 Å². The minimum Gasteiger partial charge on any atom is -0.306 e. The summed E-state index contributed by atoms with van der Waals surface area (Å²) in [5, 5.41) is 3.27. The minimum absolute atomic E-state index is 0.294. The van der Waals surface area contributed by atoms with Gasteiger partial charge in [-0.05, 0) is 46.6 Å². The van der Waals surface area contributed by atoms with Crippen LogP contribution >= 0.6 is 15.9 Å². The maximum atomic E-state index is 14.0. The first kappa shape index (κ1) is 15.1. The Labute approximate surface area is 126 Å². The van der Waals surface area contributed by atoms with Gasteiger partial charge in [-0.1, -0.05) is 37.3 Å². The van der Waals surface area contributed by atoms with E-state index in [4.69, 9.17) is 0 Å². The van der Waals surface area contributed by atoms with Crippen LogP contribution in [-0.2, 0) is 0 Å². The largest absolute Gasteiger partial charge is 0.306 e. The highest BCUT2D eigenvalue weighted by molar-refractivity contribution is 9.10. The number of nitrogens with one attached hydrogen (secondary N) is 1. The third-order valence-corrected chi connectivity index (χ3v) is 3.94. The highest BCUT2D eigenvalue weighted by Gasteiger charge is 2.20. The Morgan fingerprint density at radius 2 is 1.65 bits per heavy atom. The van der Waals surface area contributed by atoms with E-state index < -0.39 is 0 Å². The van der Waals surface area contributed by atoms with Crippen LogP contribution in [0.5, 0.6) is 0 Å². The topological polar surface area (TPSA) is 12.0 Å². The minimum atomic E-state index is -0.374. The first-order valence-corrected chi connectivity index (χ1v) is 7.36. The summed E-state index contributed by atoms with van der Waals surface area (Å²) in [5.74, 6) is -0.639. The lowest BCUT2D eigenvalue weighted by Gasteiger charge is -2.21. The van der Waals surface area contributed by atoms with Crippen molar-refractivity contribution >= 4 is 15.9 Å². The van der Waals surface area contributed by atoms with Gasteiger partial charge in [0.15, 0.2) is 0 Å². The van der Waals surface area contributed by atoms with Crippen LogP contribution in [0.2, 0.25) is 0 Å². The van der Waals surface area contributed by atoms with E-state index in [1.165, 1.54) is 12.1 Å². The van der Waals surface area contributed by atoms with E-state index in [1.807, 2.05) is 6.92 Å². The molecule has 2 rings (SSSR count). The van der Waals surface area contributed by atoms with Gasteiger partial charge < -0.3 is 5.32 Å². The molecule has 2 aromatic carbocycles. The molecule has 4 heteroatoms. The monoisotopic (exact) mass is 339 g/mol. The second kappa shape index (κ2) is 6.95. The Morgan fingerprint density at radius 3 is 2.35 bits per heavy atom. The lowest BCUT2D eigenvalue weighted by atomic mass is 9.98. The Morgan fingerprint density at radius 1 is 1.00 bits per heavy atom. The summed E-state index contributed by atoms with van der Waals surface area (Å²) < 4.78 is 28.1. The fourth-order valence-electron chi connectivity index (χ4n) is 2.13. The fourth-order valence-corrected chi connectivity index (χ4v) is 2.62. The van der Waals surface area contributed by atoms with Crippen LogP contribution in [0.4, 0.5) is 8.78 Å². The number of hydrogen-bond acceptors (Lipinski definition) is 1. The van der Waals surface area contributed by atoms with Crippen molar-refractivity contribution in [2.45, 2.75) is 19.4 Å². The van der Waals surface area contributed by atoms with Crippen LogP contribution in [0.3, 0.4) is 0 Å². The second-order valence-electron chi connectivity index (χ2n) is 4.55. The third kappa shape index (κ3) is 3.25. The summed E-state index contributed by atoms with van der Waals surface area (Å²) in [5.41, 5.74) is 1.22. The highest BCUT2D eigenvalue weighted by Crippen LogP contribution is 2.31. The maximum absolute atomic E-state index is 14.0. The molecule has 0 aliphatic carbocycles. The van der Waals surface area contributed by atoms with Crippen molar-refractivity contribution in [2.75, 3.05) is 6.54 Å². The molecule has 0 fully saturated rings. The van der Waals surface area contributed by atoms with Crippen molar-refractivity contribution < 1.29 is 8.78 Å². The Hall–Kier alpha value is -1.26. The normalized spacial score (nSPS) is 12.4. The molecule has 0 spiro atoms. The number of hydrogen-bond donors (Lipinski definition) is 1. The molecule has 0 aliphatic rings. The van der Waals surface area contributed by atoms with Gasteiger partial charge in [-0.25, -0.2) is 8.78 Å². The van der Waals surface area contributed by atoms with Gasteiger partial charge in [-0.3, -0.25) is 0 Å². The van der Waals surface area contributed by atoms with Crippen molar-refractivity contribution in [3.63, 3.8) is 0 Å². The predicted octanol–water partition coefficient (Wildman–Crippen LogP) is 4.82. The quantitative estimate of drug-likeness (QED) is 0.823. The molecule has 0 radical (unpaired) electrons. The first-order chi connectivity index (χ1) is 9.65. The molecule has 0 aliphatic heterocycles. The van der Waals surface area contributed by atoms with Crippen LogP contribution in [-0.4, -0.2) is 6.54 Å². The molecule has 0 saturated carbocycles. The summed E-state index contributed by atoms with van der Waals surface area (Å²) in [6.45, 7) is 2.76. The summed E-state index contributed by atoms with van der Waals surface area (Å²) in [6, 6.07) is 11.0. The second-order valence-corrected chi connectivity index (χ2v) is 5.34. The van der Waals surface area contributed by atoms with E-state index in [0.29, 0.717) is 15.6 Å². The van der Waals surface area contributed by atoms with Gasteiger partial charge in [0.05, 0.1) is 10.5 Å². The Bertz CT molecular complexity index is 586. The molecular weight excluding hydrogens is 324 g/mol. The third-order valence-electron chi connectivity index (χ3n) is 3.11. The van der Waals surface area contributed by atoms with E-state index in [2.05, 4.69) is 21.2 Å². The lowest BCUT2D eigenvalue weighted by Crippen LogP contribution is -2.24. The van der Waals surface area contributed by atoms with E-state index in [0.717, 1.165) is 13.0 Å². The molecular formula is C16H16BrF2N. The van der Waals surface area contributed by atoms with Crippen LogP contribution in [0.15, 0.2) is 46.9 Å². The molecule has 0 amide bonds. The highest BCUT2D eigenvalue weighted by atomic mass is 79.9. The number of rotatable bonds is 5. The zero-order valence-electron chi connectivity index (χ0n) is 11.2. The summed E-state index contributed by atoms with van der Waals surface area (Å²) >= 11 is 3.26. The Balaban J connectivity index is 2.47. The van der Waals surface area contributed by atoms with Crippen molar-refractivity contribution in [1.82, 2.24) is 5.32 Å². The van der Waals surface area contributed by atoms with Gasteiger partial charge in [-0.15, -0.1) is 0 Å². The van der Waals surface area contributed by atoms with Gasteiger partial charge in [0.25, 0.3) is 0 Å². The number of benzene rings is 2. The smallest absolute Gasteiger partial charge is 0.137 e. The molecule has 1 N–H and O–H groups in total. The summed E-state index contributed by atoms with van der Waals surface area (Å²) in [6.07, 6.45) is 0.915. The standard InChI is InChI=1S/C16H16BrF2N/c1-2-10-20-16(11-6-3-4-8-13(11)18)12-7-5-9-14(19)15(12)17/h3-9,16,20H,2,10H2,1H3. The summed E-state index contributed by atoms with van der Waals surface area (Å²) in [7, 11) is 0. The zero-order valence-corrected chi connectivity index (χ0v) is 12.8. The molecule has 1 unspecified atom stereocenters. The van der Waals surface area contributed by atoms with E-state index in [1.54, 1.807) is 30.3 Å². The maximum Gasteiger partial charge on any atom is 0.137 e. The van der Waals surface area contributed by atoms with Crippen molar-refractivity contribution in [2.24, 2.45) is 0 Å². The van der Waals surface area contributed by atoms with Crippen molar-refractivity contribution in [3.8, 4) is 0 Å². The van der Waals surface area contributed by atoms with Crippen molar-refractivity contribution in [3.05, 3.63) is 69.7 Å². The fraction of sp³-hybridized carbons (Fsp3) is 0.250. The van der Waals surface area contributed by atoms with Gasteiger partial charge in [0, 0.05) is 5.56 Å². The predicted molar refractivity (Wildman–Crippen MR) is 80.6 cm³/mol. The molecule has 1 nitrogen and oxygen atoms in total. The van der Waals surface area contributed by atoms with Gasteiger partial charge in [-0.2, -0.15) is 0 Å². The molecule has 0 aromatic heterocycles. The Kier molecular flexibility index (Phi) is 5.26. The SMILES string of the molecule is CCCNC(c1ccccc1F)c1cccc(F)c1Br. The van der Waals surface area contributed by atoms with Crippen LogP contribution < -0.4 is 5.32 Å². The lowest BCUT2D eigenvalue weighted by molar-refractivity contribution is 0.540. The van der Waals surface area contributed by atoms with Gasteiger partial charge in [0.1, 0.15) is 11.6 Å². The van der Waals surface area contributed by atoms with Gasteiger partial charge >= 0.3 is 0 Å². The molecule has 20 heavy (non-hydrogen) atoms. The average Bonchev–Trinajstić information content (AvgIpc) is 2.45. The molecule has 1 atom stereocenters.